The highest BCUT2D eigenvalue weighted by atomic mass is 35.5. The molecule has 0 bridgehead atoms. The van der Waals surface area contributed by atoms with E-state index in [9.17, 15) is 0 Å². The van der Waals surface area contributed by atoms with Crippen LogP contribution in [0.1, 0.15) is 0 Å². The van der Waals surface area contributed by atoms with Gasteiger partial charge in [0.15, 0.2) is 0 Å². The lowest BCUT2D eigenvalue weighted by atomic mass is 10.3. The first-order chi connectivity index (χ1) is 6.27. The summed E-state index contributed by atoms with van der Waals surface area (Å²) in [6, 6.07) is 0. The van der Waals surface area contributed by atoms with Gasteiger partial charge in [-0.1, -0.05) is 11.6 Å². The molecule has 0 aromatic carbocycles. The molecule has 0 N–H and O–H groups in total. The highest BCUT2D eigenvalue weighted by molar-refractivity contribution is 7.07. The standard InChI is InChI=1S/C7H3Cl2N3S/c8-6-4(1-10-7(9)12-6)5-2-13-3-11-5/h1-3H. The fourth-order valence-electron chi connectivity index (χ4n) is 0.859. The third-order valence-electron chi connectivity index (χ3n) is 1.42. The number of thiazole rings is 1. The fourth-order valence-corrected chi connectivity index (χ4v) is 1.81. The van der Waals surface area contributed by atoms with E-state index < -0.39 is 0 Å². The van der Waals surface area contributed by atoms with E-state index >= 15 is 0 Å². The fraction of sp³-hybridized carbons (Fsp3) is 0. The Morgan fingerprint density at radius 3 is 2.69 bits per heavy atom. The molecule has 0 aliphatic carbocycles. The van der Waals surface area contributed by atoms with Crippen LogP contribution in [0.25, 0.3) is 11.3 Å². The van der Waals surface area contributed by atoms with Crippen LogP contribution in [-0.2, 0) is 0 Å². The van der Waals surface area contributed by atoms with Crippen LogP contribution in [0.5, 0.6) is 0 Å². The summed E-state index contributed by atoms with van der Waals surface area (Å²) in [6.45, 7) is 0. The topological polar surface area (TPSA) is 38.7 Å². The Bertz CT molecular complexity index is 416. The Balaban J connectivity index is 2.53. The van der Waals surface area contributed by atoms with Crippen molar-refractivity contribution in [3.8, 4) is 11.3 Å². The molecule has 0 spiro atoms. The van der Waals surface area contributed by atoms with E-state index in [1.807, 2.05) is 5.38 Å². The van der Waals surface area contributed by atoms with Gasteiger partial charge in [-0.05, 0) is 11.6 Å². The maximum Gasteiger partial charge on any atom is 0.223 e. The Morgan fingerprint density at radius 2 is 2.08 bits per heavy atom. The molecule has 2 rings (SSSR count). The van der Waals surface area contributed by atoms with E-state index in [1.165, 1.54) is 11.3 Å². The maximum atomic E-state index is 5.85. The Morgan fingerprint density at radius 1 is 1.23 bits per heavy atom. The van der Waals surface area contributed by atoms with Crippen LogP contribution < -0.4 is 0 Å². The van der Waals surface area contributed by atoms with Crippen molar-refractivity contribution in [1.82, 2.24) is 15.0 Å². The molecule has 6 heteroatoms. The van der Waals surface area contributed by atoms with Gasteiger partial charge >= 0.3 is 0 Å². The largest absolute Gasteiger partial charge is 0.245 e. The highest BCUT2D eigenvalue weighted by Crippen LogP contribution is 2.25. The first kappa shape index (κ1) is 8.87. The van der Waals surface area contributed by atoms with Crippen LogP contribution in [0.15, 0.2) is 17.1 Å². The minimum Gasteiger partial charge on any atom is -0.245 e. The van der Waals surface area contributed by atoms with E-state index in [1.54, 1.807) is 11.7 Å². The van der Waals surface area contributed by atoms with Gasteiger partial charge in [0.1, 0.15) is 5.15 Å². The molecule has 0 aliphatic heterocycles. The van der Waals surface area contributed by atoms with E-state index in [0.29, 0.717) is 10.7 Å². The van der Waals surface area contributed by atoms with Crippen LogP contribution in [0.2, 0.25) is 10.4 Å². The second-order valence-corrected chi connectivity index (χ2v) is 3.63. The zero-order chi connectivity index (χ0) is 9.26. The SMILES string of the molecule is Clc1ncc(-c2cscn2)c(Cl)n1. The summed E-state index contributed by atoms with van der Waals surface area (Å²) in [7, 11) is 0. The van der Waals surface area contributed by atoms with E-state index in [-0.39, 0.29) is 5.28 Å². The summed E-state index contributed by atoms with van der Waals surface area (Å²) in [4.78, 5) is 11.7. The molecule has 66 valence electrons. The number of halogens is 2. The number of hydrogen-bond donors (Lipinski definition) is 0. The third-order valence-corrected chi connectivity index (χ3v) is 2.48. The highest BCUT2D eigenvalue weighted by Gasteiger charge is 2.07. The predicted molar refractivity (Wildman–Crippen MR) is 53.2 cm³/mol. The molecule has 0 fully saturated rings. The number of hydrogen-bond acceptors (Lipinski definition) is 4. The lowest BCUT2D eigenvalue weighted by molar-refractivity contribution is 1.16. The van der Waals surface area contributed by atoms with Gasteiger partial charge in [0.2, 0.25) is 5.28 Å². The molecule has 0 amide bonds. The van der Waals surface area contributed by atoms with Crippen molar-refractivity contribution in [2.24, 2.45) is 0 Å². The van der Waals surface area contributed by atoms with Gasteiger partial charge in [-0.25, -0.2) is 15.0 Å². The monoisotopic (exact) mass is 231 g/mol. The summed E-state index contributed by atoms with van der Waals surface area (Å²) >= 11 is 12.9. The lowest BCUT2D eigenvalue weighted by Crippen LogP contribution is -1.87. The van der Waals surface area contributed by atoms with Gasteiger partial charge in [-0.2, -0.15) is 0 Å². The summed E-state index contributed by atoms with van der Waals surface area (Å²) in [5.74, 6) is 0. The second kappa shape index (κ2) is 3.57. The molecular formula is C7H3Cl2N3S. The zero-order valence-electron chi connectivity index (χ0n) is 6.24. The third kappa shape index (κ3) is 1.80. The molecule has 0 radical (unpaired) electrons. The quantitative estimate of drug-likeness (QED) is 0.560. The molecule has 2 aromatic rings. The number of aromatic nitrogens is 3. The molecule has 13 heavy (non-hydrogen) atoms. The van der Waals surface area contributed by atoms with Crippen molar-refractivity contribution in [3.05, 3.63) is 27.5 Å². The van der Waals surface area contributed by atoms with Gasteiger partial charge in [0, 0.05) is 11.6 Å². The van der Waals surface area contributed by atoms with Crippen LogP contribution in [0.4, 0.5) is 0 Å². The van der Waals surface area contributed by atoms with Crippen molar-refractivity contribution < 1.29 is 0 Å². The van der Waals surface area contributed by atoms with Gasteiger partial charge in [0.05, 0.1) is 16.8 Å². The van der Waals surface area contributed by atoms with Crippen molar-refractivity contribution >= 4 is 34.5 Å². The maximum absolute atomic E-state index is 5.85. The molecule has 0 aliphatic rings. The summed E-state index contributed by atoms with van der Waals surface area (Å²) in [6.07, 6.45) is 1.56. The van der Waals surface area contributed by atoms with Crippen molar-refractivity contribution in [3.63, 3.8) is 0 Å². The van der Waals surface area contributed by atoms with Crippen molar-refractivity contribution in [2.75, 3.05) is 0 Å². The molecule has 0 saturated heterocycles. The van der Waals surface area contributed by atoms with Crippen LogP contribution >= 0.6 is 34.5 Å². The van der Waals surface area contributed by atoms with Gasteiger partial charge < -0.3 is 0 Å². The predicted octanol–water partition coefficient (Wildman–Crippen LogP) is 2.91. The van der Waals surface area contributed by atoms with Gasteiger partial charge in [-0.3, -0.25) is 0 Å². The van der Waals surface area contributed by atoms with Gasteiger partial charge in [-0.15, -0.1) is 11.3 Å². The van der Waals surface area contributed by atoms with Gasteiger partial charge in [0.25, 0.3) is 0 Å². The minimum atomic E-state index is 0.143. The first-order valence-corrected chi connectivity index (χ1v) is 5.04. The van der Waals surface area contributed by atoms with E-state index in [4.69, 9.17) is 23.2 Å². The molecule has 0 atom stereocenters. The summed E-state index contributed by atoms with van der Waals surface area (Å²) in [5.41, 5.74) is 3.19. The number of rotatable bonds is 1. The molecule has 0 saturated carbocycles. The Hall–Kier alpha value is -0.710. The lowest BCUT2D eigenvalue weighted by Gasteiger charge is -1.97. The molecule has 2 heterocycles. The van der Waals surface area contributed by atoms with Crippen LogP contribution in [-0.4, -0.2) is 15.0 Å². The number of nitrogens with zero attached hydrogens (tertiary/aromatic N) is 3. The van der Waals surface area contributed by atoms with Crippen LogP contribution in [0, 0.1) is 0 Å². The summed E-state index contributed by atoms with van der Waals surface area (Å²) < 4.78 is 0. The Labute approximate surface area is 88.4 Å². The minimum absolute atomic E-state index is 0.143. The normalized spacial score (nSPS) is 10.3. The average molecular weight is 232 g/mol. The molecule has 0 unspecified atom stereocenters. The zero-order valence-corrected chi connectivity index (χ0v) is 8.57. The second-order valence-electron chi connectivity index (χ2n) is 2.22. The van der Waals surface area contributed by atoms with Crippen LogP contribution in [0.3, 0.4) is 0 Å². The van der Waals surface area contributed by atoms with Crippen molar-refractivity contribution in [1.29, 1.82) is 0 Å². The van der Waals surface area contributed by atoms with E-state index in [2.05, 4.69) is 15.0 Å². The summed E-state index contributed by atoms with van der Waals surface area (Å²) in [5, 5.41) is 2.34. The first-order valence-electron chi connectivity index (χ1n) is 3.34. The Kier molecular flexibility index (Phi) is 2.44. The molecular weight excluding hydrogens is 229 g/mol. The average Bonchev–Trinajstić information content (AvgIpc) is 2.56. The molecule has 2 aromatic heterocycles. The smallest absolute Gasteiger partial charge is 0.223 e. The van der Waals surface area contributed by atoms with Crippen molar-refractivity contribution in [2.45, 2.75) is 0 Å². The molecule has 3 nitrogen and oxygen atoms in total. The van der Waals surface area contributed by atoms with E-state index in [0.717, 1.165) is 5.69 Å².